The second-order valence-electron chi connectivity index (χ2n) is 3.57. The lowest BCUT2D eigenvalue weighted by atomic mass is 10.3. The van der Waals surface area contributed by atoms with Gasteiger partial charge in [-0.05, 0) is 6.92 Å². The third kappa shape index (κ3) is 2.62. The van der Waals surface area contributed by atoms with Crippen molar-refractivity contribution in [3.8, 4) is 0 Å². The highest BCUT2D eigenvalue weighted by Crippen LogP contribution is 2.18. The fourth-order valence-corrected chi connectivity index (χ4v) is 1.60. The number of ether oxygens (including phenoxy) is 3. The molecular weight excluding hydrogens is 226 g/mol. The fourth-order valence-electron chi connectivity index (χ4n) is 1.60. The first-order valence-corrected chi connectivity index (χ1v) is 5.49. The molecule has 2 heterocycles. The van der Waals surface area contributed by atoms with Gasteiger partial charge >= 0.3 is 5.97 Å². The molecule has 7 nitrogen and oxygen atoms in total. The highest BCUT2D eigenvalue weighted by Gasteiger charge is 2.24. The minimum atomic E-state index is -0.522. The van der Waals surface area contributed by atoms with Crippen LogP contribution in [-0.2, 0) is 21.3 Å². The van der Waals surface area contributed by atoms with Gasteiger partial charge in [0.2, 0.25) is 0 Å². The van der Waals surface area contributed by atoms with Crippen molar-refractivity contribution < 1.29 is 19.0 Å². The van der Waals surface area contributed by atoms with Gasteiger partial charge in [-0.1, -0.05) is 0 Å². The van der Waals surface area contributed by atoms with Gasteiger partial charge in [-0.2, -0.15) is 0 Å². The van der Waals surface area contributed by atoms with Crippen molar-refractivity contribution in [1.82, 2.24) is 14.8 Å². The van der Waals surface area contributed by atoms with Crippen molar-refractivity contribution in [2.45, 2.75) is 13.0 Å². The van der Waals surface area contributed by atoms with Crippen LogP contribution in [-0.4, -0.2) is 47.2 Å². The first kappa shape index (κ1) is 12.0. The standard InChI is InChI=1S/C10H15N3O4/c1-3-16-10(14)8-11-9(13(2)12-8)7-6-15-4-5-17-7/h7H,3-6H2,1-2H3. The van der Waals surface area contributed by atoms with Gasteiger partial charge in [0.15, 0.2) is 5.82 Å². The van der Waals surface area contributed by atoms with Crippen LogP contribution >= 0.6 is 0 Å². The number of hydrogen-bond donors (Lipinski definition) is 0. The molecule has 0 amide bonds. The molecule has 0 aliphatic carbocycles. The molecule has 7 heteroatoms. The molecule has 0 bridgehead atoms. The molecule has 1 aromatic heterocycles. The highest BCUT2D eigenvalue weighted by molar-refractivity contribution is 5.84. The van der Waals surface area contributed by atoms with E-state index in [-0.39, 0.29) is 11.9 Å². The summed E-state index contributed by atoms with van der Waals surface area (Å²) in [5.41, 5.74) is 0. The molecule has 2 rings (SSSR count). The molecule has 0 spiro atoms. The molecule has 1 fully saturated rings. The summed E-state index contributed by atoms with van der Waals surface area (Å²) in [6.07, 6.45) is -0.274. The van der Waals surface area contributed by atoms with Gasteiger partial charge in [-0.25, -0.2) is 14.5 Å². The number of esters is 1. The summed E-state index contributed by atoms with van der Waals surface area (Å²) in [6, 6.07) is 0. The van der Waals surface area contributed by atoms with Gasteiger partial charge in [0, 0.05) is 7.05 Å². The van der Waals surface area contributed by atoms with Crippen LogP contribution in [0.4, 0.5) is 0 Å². The van der Waals surface area contributed by atoms with Crippen LogP contribution in [0.25, 0.3) is 0 Å². The lowest BCUT2D eigenvalue weighted by molar-refractivity contribution is -0.0947. The molecular formula is C10H15N3O4. The van der Waals surface area contributed by atoms with Crippen LogP contribution in [0.2, 0.25) is 0 Å². The summed E-state index contributed by atoms with van der Waals surface area (Å²) < 4.78 is 17.1. The Bertz CT molecular complexity index is 398. The van der Waals surface area contributed by atoms with E-state index in [0.717, 1.165) is 0 Å². The molecule has 1 unspecified atom stereocenters. The van der Waals surface area contributed by atoms with Crippen LogP contribution in [0.1, 0.15) is 29.5 Å². The van der Waals surface area contributed by atoms with E-state index in [2.05, 4.69) is 10.1 Å². The van der Waals surface area contributed by atoms with Crippen molar-refractivity contribution in [2.24, 2.45) is 7.05 Å². The van der Waals surface area contributed by atoms with E-state index in [9.17, 15) is 4.79 Å². The Hall–Kier alpha value is -1.47. The lowest BCUT2D eigenvalue weighted by Gasteiger charge is -2.21. The van der Waals surface area contributed by atoms with E-state index in [4.69, 9.17) is 14.2 Å². The number of carbonyl (C=O) groups is 1. The summed E-state index contributed by atoms with van der Waals surface area (Å²) in [6.45, 7) is 3.56. The van der Waals surface area contributed by atoms with Crippen molar-refractivity contribution in [3.05, 3.63) is 11.6 Å². The summed E-state index contributed by atoms with van der Waals surface area (Å²) in [5, 5.41) is 4.00. The van der Waals surface area contributed by atoms with E-state index < -0.39 is 5.97 Å². The maximum Gasteiger partial charge on any atom is 0.378 e. The Morgan fingerprint density at radius 2 is 2.41 bits per heavy atom. The average Bonchev–Trinajstić information content (AvgIpc) is 2.73. The van der Waals surface area contributed by atoms with Crippen molar-refractivity contribution in [2.75, 3.05) is 26.4 Å². The normalized spacial score (nSPS) is 20.2. The molecule has 1 saturated heterocycles. The Balaban J connectivity index is 2.15. The zero-order chi connectivity index (χ0) is 12.3. The maximum absolute atomic E-state index is 11.5. The lowest BCUT2D eigenvalue weighted by Crippen LogP contribution is -2.24. The number of hydrogen-bond acceptors (Lipinski definition) is 6. The Labute approximate surface area is 98.7 Å². The van der Waals surface area contributed by atoms with Gasteiger partial charge < -0.3 is 14.2 Å². The third-order valence-electron chi connectivity index (χ3n) is 2.36. The van der Waals surface area contributed by atoms with E-state index in [1.165, 1.54) is 4.68 Å². The van der Waals surface area contributed by atoms with E-state index in [1.807, 2.05) is 0 Å². The quantitative estimate of drug-likeness (QED) is 0.697. The molecule has 0 N–H and O–H groups in total. The zero-order valence-corrected chi connectivity index (χ0v) is 9.88. The van der Waals surface area contributed by atoms with Crippen LogP contribution in [0.15, 0.2) is 0 Å². The highest BCUT2D eigenvalue weighted by atomic mass is 16.6. The molecule has 0 radical (unpaired) electrons. The average molecular weight is 241 g/mol. The third-order valence-corrected chi connectivity index (χ3v) is 2.36. The van der Waals surface area contributed by atoms with Crippen LogP contribution in [0.3, 0.4) is 0 Å². The number of aromatic nitrogens is 3. The van der Waals surface area contributed by atoms with Gasteiger partial charge in [-0.15, -0.1) is 5.10 Å². The molecule has 1 atom stereocenters. The summed E-state index contributed by atoms with van der Waals surface area (Å²) in [5.74, 6) is 0.109. The Morgan fingerprint density at radius 3 is 3.06 bits per heavy atom. The summed E-state index contributed by atoms with van der Waals surface area (Å²) >= 11 is 0. The van der Waals surface area contributed by atoms with Crippen LogP contribution < -0.4 is 0 Å². The Morgan fingerprint density at radius 1 is 1.59 bits per heavy atom. The molecule has 1 aliphatic rings. The van der Waals surface area contributed by atoms with Gasteiger partial charge in [0.1, 0.15) is 6.10 Å². The van der Waals surface area contributed by atoms with Crippen LogP contribution in [0, 0.1) is 0 Å². The maximum atomic E-state index is 11.5. The number of nitrogens with zero attached hydrogens (tertiary/aromatic N) is 3. The predicted octanol–water partition coefficient (Wildman–Crippen LogP) is 0.0797. The second-order valence-corrected chi connectivity index (χ2v) is 3.57. The molecule has 1 aromatic rings. The summed E-state index contributed by atoms with van der Waals surface area (Å²) in [7, 11) is 1.71. The molecule has 1 aliphatic heterocycles. The van der Waals surface area contributed by atoms with Crippen molar-refractivity contribution in [3.63, 3.8) is 0 Å². The van der Waals surface area contributed by atoms with Gasteiger partial charge in [-0.3, -0.25) is 0 Å². The monoisotopic (exact) mass is 241 g/mol. The molecule has 94 valence electrons. The molecule has 17 heavy (non-hydrogen) atoms. The van der Waals surface area contributed by atoms with Gasteiger partial charge in [0.25, 0.3) is 5.82 Å². The predicted molar refractivity (Wildman–Crippen MR) is 56.5 cm³/mol. The smallest absolute Gasteiger partial charge is 0.378 e. The zero-order valence-electron chi connectivity index (χ0n) is 9.88. The van der Waals surface area contributed by atoms with Gasteiger partial charge in [0.05, 0.1) is 26.4 Å². The minimum Gasteiger partial charge on any atom is -0.460 e. The number of aryl methyl sites for hydroxylation is 1. The molecule has 0 saturated carbocycles. The second kappa shape index (κ2) is 5.24. The van der Waals surface area contributed by atoms with E-state index >= 15 is 0 Å². The minimum absolute atomic E-state index is 0.0542. The van der Waals surface area contributed by atoms with E-state index in [1.54, 1.807) is 14.0 Å². The fraction of sp³-hybridized carbons (Fsp3) is 0.700. The topological polar surface area (TPSA) is 75.5 Å². The summed E-state index contributed by atoms with van der Waals surface area (Å²) in [4.78, 5) is 15.6. The first-order valence-electron chi connectivity index (χ1n) is 5.49. The Kier molecular flexibility index (Phi) is 3.70. The first-order chi connectivity index (χ1) is 8.22. The number of rotatable bonds is 3. The largest absolute Gasteiger partial charge is 0.460 e. The SMILES string of the molecule is CCOC(=O)c1nc(C2COCCO2)n(C)n1. The van der Waals surface area contributed by atoms with Crippen molar-refractivity contribution >= 4 is 5.97 Å². The van der Waals surface area contributed by atoms with E-state index in [0.29, 0.717) is 32.3 Å². The molecule has 0 aromatic carbocycles. The number of carbonyl (C=O) groups excluding carboxylic acids is 1. The van der Waals surface area contributed by atoms with Crippen LogP contribution in [0.5, 0.6) is 0 Å². The van der Waals surface area contributed by atoms with Crippen molar-refractivity contribution in [1.29, 1.82) is 0 Å².